The fourth-order valence-electron chi connectivity index (χ4n) is 0.862. The fraction of sp³-hybridized carbons (Fsp3) is 0.375. The number of alkyl halides is 2. The molecule has 1 aromatic rings. The summed E-state index contributed by atoms with van der Waals surface area (Å²) in [5, 5.41) is 0.190. The molecule has 1 heterocycles. The SMILES string of the molecule is NCc1ccnc(OCC(F)F)c1Cl. The molecule has 0 aliphatic rings. The van der Waals surface area contributed by atoms with Gasteiger partial charge in [-0.2, -0.15) is 0 Å². The van der Waals surface area contributed by atoms with Crippen molar-refractivity contribution in [1.29, 1.82) is 0 Å². The van der Waals surface area contributed by atoms with Gasteiger partial charge in [0.2, 0.25) is 5.88 Å². The lowest BCUT2D eigenvalue weighted by molar-refractivity contribution is 0.0796. The van der Waals surface area contributed by atoms with Gasteiger partial charge < -0.3 is 10.5 Å². The molecule has 0 spiro atoms. The van der Waals surface area contributed by atoms with Gasteiger partial charge in [0.15, 0.2) is 6.61 Å². The Balaban J connectivity index is 2.76. The third kappa shape index (κ3) is 2.78. The van der Waals surface area contributed by atoms with Gasteiger partial charge >= 0.3 is 0 Å². The van der Waals surface area contributed by atoms with Crippen LogP contribution in [0.3, 0.4) is 0 Å². The maximum atomic E-state index is 11.8. The third-order valence-corrected chi connectivity index (χ3v) is 1.91. The molecule has 3 nitrogen and oxygen atoms in total. The number of ether oxygens (including phenoxy) is 1. The van der Waals surface area contributed by atoms with Crippen LogP contribution in [0.25, 0.3) is 0 Å². The molecule has 0 aliphatic heterocycles. The monoisotopic (exact) mass is 222 g/mol. The number of nitrogens with two attached hydrogens (primary N) is 1. The van der Waals surface area contributed by atoms with Gasteiger partial charge in [-0.1, -0.05) is 11.6 Å². The van der Waals surface area contributed by atoms with E-state index >= 15 is 0 Å². The highest BCUT2D eigenvalue weighted by Crippen LogP contribution is 2.25. The predicted octanol–water partition coefficient (Wildman–Crippen LogP) is 1.84. The van der Waals surface area contributed by atoms with Crippen molar-refractivity contribution in [3.63, 3.8) is 0 Å². The second kappa shape index (κ2) is 5.07. The van der Waals surface area contributed by atoms with Gasteiger partial charge in [0.25, 0.3) is 6.43 Å². The lowest BCUT2D eigenvalue weighted by atomic mass is 10.3. The zero-order valence-electron chi connectivity index (χ0n) is 7.21. The summed E-state index contributed by atoms with van der Waals surface area (Å²) < 4.78 is 28.3. The highest BCUT2D eigenvalue weighted by atomic mass is 35.5. The first kappa shape index (κ1) is 11.1. The first-order valence-electron chi connectivity index (χ1n) is 3.89. The molecule has 0 fully saturated rings. The molecule has 0 bridgehead atoms. The van der Waals surface area contributed by atoms with Crippen LogP contribution in [0.2, 0.25) is 5.02 Å². The summed E-state index contributed by atoms with van der Waals surface area (Å²) >= 11 is 5.78. The fourth-order valence-corrected chi connectivity index (χ4v) is 1.11. The van der Waals surface area contributed by atoms with Crippen molar-refractivity contribution in [2.24, 2.45) is 5.73 Å². The van der Waals surface area contributed by atoms with E-state index in [0.29, 0.717) is 5.56 Å². The van der Waals surface area contributed by atoms with Crippen molar-refractivity contribution in [2.75, 3.05) is 6.61 Å². The zero-order chi connectivity index (χ0) is 10.6. The van der Waals surface area contributed by atoms with Gasteiger partial charge in [0, 0.05) is 12.7 Å². The number of pyridine rings is 1. The van der Waals surface area contributed by atoms with Gasteiger partial charge in [0.05, 0.1) is 0 Å². The van der Waals surface area contributed by atoms with Gasteiger partial charge in [-0.3, -0.25) is 0 Å². The average molecular weight is 223 g/mol. The van der Waals surface area contributed by atoms with Crippen LogP contribution in [0.4, 0.5) is 8.78 Å². The minimum Gasteiger partial charge on any atom is -0.471 e. The minimum absolute atomic E-state index is 0.00471. The quantitative estimate of drug-likeness (QED) is 0.846. The summed E-state index contributed by atoms with van der Waals surface area (Å²) in [7, 11) is 0. The molecule has 0 radical (unpaired) electrons. The number of rotatable bonds is 4. The first-order valence-corrected chi connectivity index (χ1v) is 4.27. The summed E-state index contributed by atoms with van der Waals surface area (Å²) in [5.74, 6) is -0.00471. The zero-order valence-corrected chi connectivity index (χ0v) is 7.97. The van der Waals surface area contributed by atoms with E-state index in [2.05, 4.69) is 4.98 Å². The van der Waals surface area contributed by atoms with Gasteiger partial charge in [0.1, 0.15) is 5.02 Å². The van der Waals surface area contributed by atoms with Crippen molar-refractivity contribution in [3.8, 4) is 5.88 Å². The molecule has 1 aromatic heterocycles. The summed E-state index contributed by atoms with van der Waals surface area (Å²) in [5.41, 5.74) is 5.98. The highest BCUT2D eigenvalue weighted by molar-refractivity contribution is 6.32. The van der Waals surface area contributed by atoms with Crippen molar-refractivity contribution < 1.29 is 13.5 Å². The number of hydrogen-bond donors (Lipinski definition) is 1. The lowest BCUT2D eigenvalue weighted by Gasteiger charge is -2.08. The lowest BCUT2D eigenvalue weighted by Crippen LogP contribution is -2.09. The standard InChI is InChI=1S/C8H9ClF2N2O/c9-7-5(3-12)1-2-13-8(7)14-4-6(10)11/h1-2,6H,3-4,12H2. The summed E-state index contributed by atoms with van der Waals surface area (Å²) in [6.45, 7) is -0.507. The number of halogens is 3. The van der Waals surface area contributed by atoms with E-state index in [0.717, 1.165) is 0 Å². The Kier molecular flexibility index (Phi) is 4.03. The molecule has 14 heavy (non-hydrogen) atoms. The Labute approximate surface area is 84.8 Å². The number of hydrogen-bond acceptors (Lipinski definition) is 3. The van der Waals surface area contributed by atoms with Crippen molar-refractivity contribution in [1.82, 2.24) is 4.98 Å². The summed E-state index contributed by atoms with van der Waals surface area (Å²) in [6.07, 6.45) is -1.14. The molecule has 6 heteroatoms. The van der Waals surface area contributed by atoms with E-state index in [1.54, 1.807) is 6.07 Å². The van der Waals surface area contributed by atoms with Crippen LogP contribution >= 0.6 is 11.6 Å². The van der Waals surface area contributed by atoms with Gasteiger partial charge in [-0.25, -0.2) is 13.8 Å². The van der Waals surface area contributed by atoms with E-state index in [1.807, 2.05) is 0 Å². The van der Waals surface area contributed by atoms with E-state index in [9.17, 15) is 8.78 Å². The first-order chi connectivity index (χ1) is 6.65. The Bertz CT molecular complexity index is 309. The van der Waals surface area contributed by atoms with Gasteiger partial charge in [-0.05, 0) is 11.6 Å². The Morgan fingerprint density at radius 3 is 2.86 bits per heavy atom. The Morgan fingerprint density at radius 2 is 2.29 bits per heavy atom. The highest BCUT2D eigenvalue weighted by Gasteiger charge is 2.10. The number of aromatic nitrogens is 1. The van der Waals surface area contributed by atoms with Crippen LogP contribution in [-0.4, -0.2) is 18.0 Å². The summed E-state index contributed by atoms with van der Waals surface area (Å²) in [4.78, 5) is 3.72. The number of nitrogens with zero attached hydrogens (tertiary/aromatic N) is 1. The average Bonchev–Trinajstić information content (AvgIpc) is 2.16. The molecule has 78 valence electrons. The molecule has 2 N–H and O–H groups in total. The molecule has 0 unspecified atom stereocenters. The third-order valence-electron chi connectivity index (χ3n) is 1.50. The summed E-state index contributed by atoms with van der Waals surface area (Å²) in [6, 6.07) is 1.61. The van der Waals surface area contributed by atoms with Crippen LogP contribution in [-0.2, 0) is 6.54 Å². The maximum Gasteiger partial charge on any atom is 0.272 e. The molecule has 0 saturated carbocycles. The normalized spacial score (nSPS) is 10.6. The molecule has 1 rings (SSSR count). The van der Waals surface area contributed by atoms with Crippen LogP contribution in [0.1, 0.15) is 5.56 Å². The second-order valence-corrected chi connectivity index (χ2v) is 2.87. The van der Waals surface area contributed by atoms with Crippen LogP contribution in [0.5, 0.6) is 5.88 Å². The molecule has 0 aromatic carbocycles. The van der Waals surface area contributed by atoms with Crippen LogP contribution in [0.15, 0.2) is 12.3 Å². The van der Waals surface area contributed by atoms with E-state index in [1.165, 1.54) is 6.20 Å². The van der Waals surface area contributed by atoms with Crippen LogP contribution in [0, 0.1) is 0 Å². The smallest absolute Gasteiger partial charge is 0.272 e. The van der Waals surface area contributed by atoms with Crippen LogP contribution < -0.4 is 10.5 Å². The van der Waals surface area contributed by atoms with Crippen molar-refractivity contribution >= 4 is 11.6 Å². The Morgan fingerprint density at radius 1 is 1.57 bits per heavy atom. The molecule has 0 atom stereocenters. The van der Waals surface area contributed by atoms with Gasteiger partial charge in [-0.15, -0.1) is 0 Å². The molecule has 0 amide bonds. The van der Waals surface area contributed by atoms with E-state index in [4.69, 9.17) is 22.1 Å². The molecule has 0 saturated heterocycles. The second-order valence-electron chi connectivity index (χ2n) is 2.50. The van der Waals surface area contributed by atoms with E-state index in [-0.39, 0.29) is 17.4 Å². The topological polar surface area (TPSA) is 48.1 Å². The molecular weight excluding hydrogens is 214 g/mol. The predicted molar refractivity (Wildman–Crippen MR) is 48.6 cm³/mol. The van der Waals surface area contributed by atoms with E-state index < -0.39 is 13.0 Å². The molecular formula is C8H9ClF2N2O. The van der Waals surface area contributed by atoms with Crippen molar-refractivity contribution in [2.45, 2.75) is 13.0 Å². The largest absolute Gasteiger partial charge is 0.471 e. The maximum absolute atomic E-state index is 11.8. The Hall–Kier alpha value is -0.940. The van der Waals surface area contributed by atoms with Crippen molar-refractivity contribution in [3.05, 3.63) is 22.8 Å². The minimum atomic E-state index is -2.55. The molecule has 0 aliphatic carbocycles.